The molecule has 1 nitrogen and oxygen atoms in total. The summed E-state index contributed by atoms with van der Waals surface area (Å²) in [6.45, 7) is 0. The van der Waals surface area contributed by atoms with Crippen molar-refractivity contribution in [3.63, 3.8) is 0 Å². The number of nitrogens with zero attached hydrogens (tertiary/aromatic N) is 1. The van der Waals surface area contributed by atoms with Crippen LogP contribution in [-0.2, 0) is 0 Å². The SMILES string of the molecule is c1ccc(-c2ccc(N(c3cccc(-c4ccc(-c5ccccc5)c5ccccc45)c3-c3cccc4ccccc34)c3cccc4sc5ccccc5c34)cc2)cc1. The Morgan fingerprint density at radius 2 is 0.828 bits per heavy atom. The smallest absolute Gasteiger partial charge is 0.0555 e. The molecule has 0 spiro atoms. The summed E-state index contributed by atoms with van der Waals surface area (Å²) in [7, 11) is 0. The molecule has 11 aromatic rings. The largest absolute Gasteiger partial charge is 0.309 e. The summed E-state index contributed by atoms with van der Waals surface area (Å²) in [5, 5.41) is 7.45. The van der Waals surface area contributed by atoms with E-state index in [1.165, 1.54) is 86.2 Å². The minimum absolute atomic E-state index is 1.10. The second-order valence-electron chi connectivity index (χ2n) is 14.8. The fraction of sp³-hybridized carbons (Fsp3) is 0. The number of hydrogen-bond donors (Lipinski definition) is 0. The summed E-state index contributed by atoms with van der Waals surface area (Å²) in [5.41, 5.74) is 13.0. The van der Waals surface area contributed by atoms with Gasteiger partial charge in [-0.05, 0) is 96.9 Å². The quantitative estimate of drug-likeness (QED) is 0.157. The molecule has 0 amide bonds. The Morgan fingerprint density at radius 3 is 1.62 bits per heavy atom. The molecule has 272 valence electrons. The Balaban J connectivity index is 1.24. The summed E-state index contributed by atoms with van der Waals surface area (Å²) >= 11 is 1.86. The molecular weight excluding hydrogens is 719 g/mol. The van der Waals surface area contributed by atoms with Gasteiger partial charge in [0.2, 0.25) is 0 Å². The Morgan fingerprint density at radius 1 is 0.293 bits per heavy atom. The topological polar surface area (TPSA) is 3.24 Å². The molecule has 0 aliphatic heterocycles. The predicted molar refractivity (Wildman–Crippen MR) is 251 cm³/mol. The Hall–Kier alpha value is -7.26. The summed E-state index contributed by atoms with van der Waals surface area (Å²) in [5.74, 6) is 0. The van der Waals surface area contributed by atoms with Crippen molar-refractivity contribution in [3.8, 4) is 44.5 Å². The Labute approximate surface area is 342 Å². The molecular formula is C56H37NS. The molecule has 0 saturated heterocycles. The second kappa shape index (κ2) is 14.4. The lowest BCUT2D eigenvalue weighted by molar-refractivity contribution is 1.30. The number of benzene rings is 10. The lowest BCUT2D eigenvalue weighted by Crippen LogP contribution is -2.12. The first-order valence-corrected chi connectivity index (χ1v) is 20.7. The van der Waals surface area contributed by atoms with Crippen molar-refractivity contribution < 1.29 is 0 Å². The van der Waals surface area contributed by atoms with Crippen molar-refractivity contribution in [2.45, 2.75) is 0 Å². The van der Waals surface area contributed by atoms with E-state index in [2.05, 4.69) is 229 Å². The first-order valence-electron chi connectivity index (χ1n) is 19.8. The monoisotopic (exact) mass is 755 g/mol. The molecule has 0 fully saturated rings. The molecule has 1 heterocycles. The third-order valence-electron chi connectivity index (χ3n) is 11.5. The number of anilines is 3. The van der Waals surface area contributed by atoms with Crippen molar-refractivity contribution in [1.82, 2.24) is 0 Å². The fourth-order valence-electron chi connectivity index (χ4n) is 8.86. The van der Waals surface area contributed by atoms with Crippen LogP contribution < -0.4 is 4.90 Å². The zero-order valence-electron chi connectivity index (χ0n) is 31.7. The molecule has 10 aromatic carbocycles. The number of hydrogen-bond acceptors (Lipinski definition) is 2. The van der Waals surface area contributed by atoms with Gasteiger partial charge in [-0.25, -0.2) is 0 Å². The molecule has 0 radical (unpaired) electrons. The normalized spacial score (nSPS) is 11.4. The van der Waals surface area contributed by atoms with Crippen LogP contribution in [-0.4, -0.2) is 0 Å². The highest BCUT2D eigenvalue weighted by Gasteiger charge is 2.25. The lowest BCUT2D eigenvalue weighted by atomic mass is 9.86. The van der Waals surface area contributed by atoms with Crippen molar-refractivity contribution >= 4 is 70.1 Å². The van der Waals surface area contributed by atoms with Crippen LogP contribution in [0.25, 0.3) is 86.2 Å². The van der Waals surface area contributed by atoms with Crippen LogP contribution in [0.5, 0.6) is 0 Å². The maximum atomic E-state index is 2.51. The van der Waals surface area contributed by atoms with Crippen LogP contribution >= 0.6 is 11.3 Å². The average Bonchev–Trinajstić information content (AvgIpc) is 3.69. The summed E-state index contributed by atoms with van der Waals surface area (Å²) in [6.07, 6.45) is 0. The lowest BCUT2D eigenvalue weighted by Gasteiger charge is -2.30. The van der Waals surface area contributed by atoms with Gasteiger partial charge in [0, 0.05) is 31.4 Å². The van der Waals surface area contributed by atoms with E-state index in [-0.39, 0.29) is 0 Å². The standard InChI is InChI=1S/C56H37NS/c1-3-16-38(17-4-1)39-32-34-42(35-33-39)57(52-29-15-31-54-56(52)50-25-11-12-30-53(50)58-54)51-28-14-27-49(55(51)48-26-13-21-41-20-7-8-22-43(41)48)47-37-36-44(40-18-5-2-6-19-40)45-23-9-10-24-46(45)47/h1-37H. The highest BCUT2D eigenvalue weighted by molar-refractivity contribution is 7.26. The molecule has 2 heteroatoms. The van der Waals surface area contributed by atoms with E-state index < -0.39 is 0 Å². The van der Waals surface area contributed by atoms with E-state index in [1.807, 2.05) is 11.3 Å². The third kappa shape index (κ3) is 5.77. The molecule has 0 unspecified atom stereocenters. The molecule has 0 atom stereocenters. The van der Waals surface area contributed by atoms with Gasteiger partial charge in [-0.1, -0.05) is 188 Å². The van der Waals surface area contributed by atoms with Gasteiger partial charge in [0.1, 0.15) is 0 Å². The van der Waals surface area contributed by atoms with Crippen LogP contribution in [0.1, 0.15) is 0 Å². The van der Waals surface area contributed by atoms with Crippen LogP contribution in [0.15, 0.2) is 224 Å². The van der Waals surface area contributed by atoms with E-state index in [9.17, 15) is 0 Å². The molecule has 1 aromatic heterocycles. The third-order valence-corrected chi connectivity index (χ3v) is 12.6. The highest BCUT2D eigenvalue weighted by Crippen LogP contribution is 2.51. The van der Waals surface area contributed by atoms with Crippen LogP contribution in [0, 0.1) is 0 Å². The van der Waals surface area contributed by atoms with E-state index in [0.717, 1.165) is 17.1 Å². The molecule has 58 heavy (non-hydrogen) atoms. The van der Waals surface area contributed by atoms with E-state index in [4.69, 9.17) is 0 Å². The van der Waals surface area contributed by atoms with E-state index in [1.54, 1.807) is 0 Å². The van der Waals surface area contributed by atoms with E-state index in [0.29, 0.717) is 0 Å². The number of rotatable bonds is 7. The maximum absolute atomic E-state index is 2.51. The minimum atomic E-state index is 1.10. The van der Waals surface area contributed by atoms with Gasteiger partial charge in [-0.2, -0.15) is 0 Å². The summed E-state index contributed by atoms with van der Waals surface area (Å²) < 4.78 is 2.56. The first kappa shape index (κ1) is 34.0. The highest BCUT2D eigenvalue weighted by atomic mass is 32.1. The number of fused-ring (bicyclic) bond motifs is 5. The van der Waals surface area contributed by atoms with Gasteiger partial charge in [0.25, 0.3) is 0 Å². The molecule has 0 saturated carbocycles. The van der Waals surface area contributed by atoms with Crippen molar-refractivity contribution in [1.29, 1.82) is 0 Å². The van der Waals surface area contributed by atoms with Crippen molar-refractivity contribution in [2.24, 2.45) is 0 Å². The number of thiophene rings is 1. The van der Waals surface area contributed by atoms with Crippen molar-refractivity contribution in [2.75, 3.05) is 4.90 Å². The zero-order valence-corrected chi connectivity index (χ0v) is 32.5. The van der Waals surface area contributed by atoms with Gasteiger partial charge >= 0.3 is 0 Å². The minimum Gasteiger partial charge on any atom is -0.309 e. The average molecular weight is 756 g/mol. The van der Waals surface area contributed by atoms with Gasteiger partial charge in [0.05, 0.1) is 11.4 Å². The fourth-order valence-corrected chi connectivity index (χ4v) is 9.99. The molecule has 0 bridgehead atoms. The maximum Gasteiger partial charge on any atom is 0.0555 e. The Bertz CT molecular complexity index is 3270. The van der Waals surface area contributed by atoms with Gasteiger partial charge < -0.3 is 4.90 Å². The van der Waals surface area contributed by atoms with Crippen LogP contribution in [0.2, 0.25) is 0 Å². The van der Waals surface area contributed by atoms with Gasteiger partial charge in [0.15, 0.2) is 0 Å². The second-order valence-corrected chi connectivity index (χ2v) is 15.9. The Kier molecular flexibility index (Phi) is 8.42. The van der Waals surface area contributed by atoms with Crippen LogP contribution in [0.3, 0.4) is 0 Å². The molecule has 0 aliphatic carbocycles. The molecule has 0 N–H and O–H groups in total. The first-order chi connectivity index (χ1) is 28.8. The van der Waals surface area contributed by atoms with Gasteiger partial charge in [-0.3, -0.25) is 0 Å². The van der Waals surface area contributed by atoms with Crippen LogP contribution in [0.4, 0.5) is 17.1 Å². The molecule has 11 rings (SSSR count). The summed E-state index contributed by atoms with van der Waals surface area (Å²) in [4.78, 5) is 2.51. The van der Waals surface area contributed by atoms with Gasteiger partial charge in [-0.15, -0.1) is 11.3 Å². The van der Waals surface area contributed by atoms with Crippen molar-refractivity contribution in [3.05, 3.63) is 224 Å². The predicted octanol–water partition coefficient (Wildman–Crippen LogP) is 16.5. The molecule has 0 aliphatic rings. The zero-order chi connectivity index (χ0) is 38.4. The van der Waals surface area contributed by atoms with E-state index >= 15 is 0 Å². The summed E-state index contributed by atoms with van der Waals surface area (Å²) in [6, 6.07) is 82.1.